The van der Waals surface area contributed by atoms with Crippen LogP contribution < -0.4 is 0 Å². The second-order valence-electron chi connectivity index (χ2n) is 4.87. The summed E-state index contributed by atoms with van der Waals surface area (Å²) in [7, 11) is 0. The van der Waals surface area contributed by atoms with Gasteiger partial charge in [0.1, 0.15) is 29.3 Å². The number of aliphatic hydroxyl groups excluding tert-OH is 2. The third-order valence-corrected chi connectivity index (χ3v) is 3.80. The van der Waals surface area contributed by atoms with Gasteiger partial charge in [0.15, 0.2) is 11.9 Å². The summed E-state index contributed by atoms with van der Waals surface area (Å²) >= 11 is 5.94. The fraction of sp³-hybridized carbons (Fsp3) is 0.545. The van der Waals surface area contributed by atoms with E-state index in [-0.39, 0.29) is 5.15 Å². The maximum Gasteiger partial charge on any atom is 0.183 e. The summed E-state index contributed by atoms with van der Waals surface area (Å²) in [5.74, 6) is 0. The quantitative estimate of drug-likeness (QED) is 0.640. The molecule has 3 unspecified atom stereocenters. The number of hydrogen-bond donors (Lipinski definition) is 3. The van der Waals surface area contributed by atoms with Crippen molar-refractivity contribution in [2.45, 2.75) is 31.0 Å². The maximum absolute atomic E-state index is 10.4. The Labute approximate surface area is 118 Å². The summed E-state index contributed by atoms with van der Waals surface area (Å²) in [5, 5.41) is 34.4. The second kappa shape index (κ2) is 4.61. The summed E-state index contributed by atoms with van der Waals surface area (Å²) in [6.45, 7) is 0.997. The van der Waals surface area contributed by atoms with Crippen LogP contribution in [0.3, 0.4) is 0 Å². The van der Waals surface area contributed by atoms with E-state index in [0.717, 1.165) is 0 Å². The standard InChI is InChI=1S/C11H13ClN4O4/c1-11(19)7(18)6(3-17)20-10(11)16-9-5(2-15-16)8(12)13-4-14-9/h2,4,6-7,10,17-19H,3H2,1H3/t6?,7?,10?,11-/m1/s1. The van der Waals surface area contributed by atoms with E-state index < -0.39 is 30.6 Å². The molecule has 0 bridgehead atoms. The van der Waals surface area contributed by atoms with Gasteiger partial charge < -0.3 is 20.1 Å². The van der Waals surface area contributed by atoms with Gasteiger partial charge in [-0.15, -0.1) is 0 Å². The molecule has 8 nitrogen and oxygen atoms in total. The van der Waals surface area contributed by atoms with E-state index in [1.807, 2.05) is 0 Å². The van der Waals surface area contributed by atoms with Gasteiger partial charge in [0.2, 0.25) is 0 Å². The molecule has 1 aliphatic heterocycles. The number of nitrogens with zero attached hydrogens (tertiary/aromatic N) is 4. The number of halogens is 1. The van der Waals surface area contributed by atoms with Crippen LogP contribution in [0.4, 0.5) is 0 Å². The smallest absolute Gasteiger partial charge is 0.183 e. The van der Waals surface area contributed by atoms with Crippen LogP contribution in [0.2, 0.25) is 5.15 Å². The molecule has 1 saturated heterocycles. The maximum atomic E-state index is 10.4. The number of aromatic nitrogens is 4. The van der Waals surface area contributed by atoms with Crippen molar-refractivity contribution in [1.82, 2.24) is 19.7 Å². The monoisotopic (exact) mass is 300 g/mol. The molecule has 1 fully saturated rings. The molecular weight excluding hydrogens is 288 g/mol. The molecule has 1 aliphatic rings. The fourth-order valence-corrected chi connectivity index (χ4v) is 2.53. The number of rotatable bonds is 2. The van der Waals surface area contributed by atoms with Crippen LogP contribution in [-0.2, 0) is 4.74 Å². The van der Waals surface area contributed by atoms with Crippen molar-refractivity contribution in [3.05, 3.63) is 17.7 Å². The van der Waals surface area contributed by atoms with Crippen LogP contribution in [0.5, 0.6) is 0 Å². The molecule has 20 heavy (non-hydrogen) atoms. The van der Waals surface area contributed by atoms with Crippen LogP contribution in [0.25, 0.3) is 11.0 Å². The molecule has 4 atom stereocenters. The zero-order chi connectivity index (χ0) is 14.5. The number of hydrogen-bond acceptors (Lipinski definition) is 7. The third-order valence-electron chi connectivity index (χ3n) is 3.50. The minimum absolute atomic E-state index is 0.234. The highest BCUT2D eigenvalue weighted by Crippen LogP contribution is 2.39. The summed E-state index contributed by atoms with van der Waals surface area (Å²) in [6, 6.07) is 0. The third kappa shape index (κ3) is 1.80. The SMILES string of the molecule is C[C@@]1(O)C(O)C(CO)OC1n1ncc2c(Cl)ncnc21. The Morgan fingerprint density at radius 1 is 1.50 bits per heavy atom. The van der Waals surface area contributed by atoms with Gasteiger partial charge >= 0.3 is 0 Å². The summed E-state index contributed by atoms with van der Waals surface area (Å²) in [6.07, 6.45) is -0.402. The molecule has 108 valence electrons. The lowest BCUT2D eigenvalue weighted by atomic mass is 9.97. The van der Waals surface area contributed by atoms with Gasteiger partial charge in [0, 0.05) is 0 Å². The zero-order valence-corrected chi connectivity index (χ0v) is 11.3. The van der Waals surface area contributed by atoms with E-state index in [2.05, 4.69) is 15.1 Å². The van der Waals surface area contributed by atoms with E-state index >= 15 is 0 Å². The summed E-state index contributed by atoms with van der Waals surface area (Å²) < 4.78 is 6.80. The highest BCUT2D eigenvalue weighted by molar-refractivity contribution is 6.33. The lowest BCUT2D eigenvalue weighted by Crippen LogP contribution is -2.44. The molecule has 2 aromatic rings. The summed E-state index contributed by atoms with van der Waals surface area (Å²) in [5.41, 5.74) is -1.25. The average molecular weight is 301 g/mol. The van der Waals surface area contributed by atoms with Gasteiger partial charge in [-0.05, 0) is 6.92 Å². The van der Waals surface area contributed by atoms with E-state index in [1.165, 1.54) is 24.1 Å². The second-order valence-corrected chi connectivity index (χ2v) is 5.23. The Kier molecular flexibility index (Phi) is 3.14. The number of ether oxygens (including phenoxy) is 1. The highest BCUT2D eigenvalue weighted by Gasteiger charge is 2.53. The predicted molar refractivity (Wildman–Crippen MR) is 68.0 cm³/mol. The molecule has 2 aromatic heterocycles. The molecule has 3 rings (SSSR count). The lowest BCUT2D eigenvalue weighted by molar-refractivity contribution is -0.100. The van der Waals surface area contributed by atoms with Crippen LogP contribution in [0.1, 0.15) is 13.2 Å². The van der Waals surface area contributed by atoms with Gasteiger partial charge in [-0.25, -0.2) is 14.6 Å². The molecule has 3 heterocycles. The normalized spacial score (nSPS) is 34.0. The zero-order valence-electron chi connectivity index (χ0n) is 10.5. The first-order valence-corrected chi connectivity index (χ1v) is 6.35. The van der Waals surface area contributed by atoms with Gasteiger partial charge in [-0.1, -0.05) is 11.6 Å². The molecule has 3 N–H and O–H groups in total. The lowest BCUT2D eigenvalue weighted by Gasteiger charge is -2.26. The first-order chi connectivity index (χ1) is 9.46. The Hall–Kier alpha value is -1.32. The Balaban J connectivity index is 2.10. The van der Waals surface area contributed by atoms with E-state index in [0.29, 0.717) is 11.0 Å². The Morgan fingerprint density at radius 2 is 2.25 bits per heavy atom. The van der Waals surface area contributed by atoms with Crippen molar-refractivity contribution in [2.24, 2.45) is 0 Å². The van der Waals surface area contributed by atoms with E-state index in [9.17, 15) is 10.2 Å². The molecule has 0 spiro atoms. The molecule has 0 radical (unpaired) electrons. The number of fused-ring (bicyclic) bond motifs is 1. The van der Waals surface area contributed by atoms with Crippen molar-refractivity contribution in [2.75, 3.05) is 6.61 Å². The van der Waals surface area contributed by atoms with Crippen LogP contribution in [0.15, 0.2) is 12.5 Å². The topological polar surface area (TPSA) is 114 Å². The fourth-order valence-electron chi connectivity index (χ4n) is 2.35. The minimum Gasteiger partial charge on any atom is -0.394 e. The minimum atomic E-state index is -1.62. The molecule has 0 aromatic carbocycles. The predicted octanol–water partition coefficient (Wildman–Crippen LogP) is -0.519. The first-order valence-electron chi connectivity index (χ1n) is 5.97. The van der Waals surface area contributed by atoms with Crippen molar-refractivity contribution < 1.29 is 20.1 Å². The molecule has 0 amide bonds. The van der Waals surface area contributed by atoms with Crippen LogP contribution in [-0.4, -0.2) is 59.5 Å². The molecular formula is C11H13ClN4O4. The van der Waals surface area contributed by atoms with Crippen LogP contribution in [0, 0.1) is 0 Å². The van der Waals surface area contributed by atoms with Crippen molar-refractivity contribution >= 4 is 22.6 Å². The van der Waals surface area contributed by atoms with E-state index in [4.69, 9.17) is 21.4 Å². The number of aliphatic hydroxyl groups is 3. The van der Waals surface area contributed by atoms with Crippen molar-refractivity contribution in [3.8, 4) is 0 Å². The van der Waals surface area contributed by atoms with Crippen molar-refractivity contribution in [1.29, 1.82) is 0 Å². The highest BCUT2D eigenvalue weighted by atomic mass is 35.5. The summed E-state index contributed by atoms with van der Waals surface area (Å²) in [4.78, 5) is 7.90. The van der Waals surface area contributed by atoms with Gasteiger partial charge in [-0.3, -0.25) is 0 Å². The van der Waals surface area contributed by atoms with Gasteiger partial charge in [0.05, 0.1) is 18.2 Å². The molecule has 0 saturated carbocycles. The van der Waals surface area contributed by atoms with E-state index in [1.54, 1.807) is 0 Å². The molecule has 9 heteroatoms. The Morgan fingerprint density at radius 3 is 2.90 bits per heavy atom. The largest absolute Gasteiger partial charge is 0.394 e. The first kappa shape index (κ1) is 13.7. The van der Waals surface area contributed by atoms with Crippen molar-refractivity contribution in [3.63, 3.8) is 0 Å². The van der Waals surface area contributed by atoms with Gasteiger partial charge in [-0.2, -0.15) is 5.10 Å². The Bertz CT molecular complexity index is 646. The average Bonchev–Trinajstić information content (AvgIpc) is 2.92. The van der Waals surface area contributed by atoms with Gasteiger partial charge in [0.25, 0.3) is 0 Å². The molecule has 0 aliphatic carbocycles. The van der Waals surface area contributed by atoms with Crippen LogP contribution >= 0.6 is 11.6 Å².